The molecule has 0 aromatic carbocycles. The zero-order chi connectivity index (χ0) is 62.8. The van der Waals surface area contributed by atoms with Gasteiger partial charge >= 0.3 is 5.97 Å². The zero-order valence-electron chi connectivity index (χ0n) is 56.7. The number of phosphoric acid groups is 1. The average Bonchev–Trinajstić information content (AvgIpc) is 3.67. The lowest BCUT2D eigenvalue weighted by molar-refractivity contribution is -0.870. The highest BCUT2D eigenvalue weighted by Crippen LogP contribution is 2.38. The fraction of sp³-hybridized carbons (Fsp3) is 0.737. The van der Waals surface area contributed by atoms with E-state index in [1.807, 2.05) is 33.3 Å². The molecular weight excluding hydrogens is 1080 g/mol. The number of amides is 1. The van der Waals surface area contributed by atoms with Gasteiger partial charge in [0.05, 0.1) is 33.8 Å². The summed E-state index contributed by atoms with van der Waals surface area (Å²) in [5.74, 6) is -0.551. The van der Waals surface area contributed by atoms with Gasteiger partial charge in [-0.2, -0.15) is 0 Å². The Balaban J connectivity index is 5.08. The van der Waals surface area contributed by atoms with Crippen molar-refractivity contribution >= 4 is 19.7 Å². The molecule has 1 amide bonds. The Morgan fingerprint density at radius 3 is 1.14 bits per heavy atom. The monoisotopic (exact) mass is 1220 g/mol. The molecule has 0 aromatic heterocycles. The molecule has 1 N–H and O–H groups in total. The van der Waals surface area contributed by atoms with Crippen LogP contribution in [0.4, 0.5) is 0 Å². The summed E-state index contributed by atoms with van der Waals surface area (Å²) in [6.45, 7) is 6.71. The number of nitrogens with zero attached hydrogens (tertiary/aromatic N) is 1. The van der Waals surface area contributed by atoms with E-state index >= 15 is 0 Å². The molecule has 10 heteroatoms. The lowest BCUT2D eigenvalue weighted by Gasteiger charge is -2.30. The molecule has 0 aliphatic rings. The molecule has 0 aliphatic carbocycles. The molecule has 0 bridgehead atoms. The fourth-order valence-corrected chi connectivity index (χ4v) is 10.7. The number of carbonyl (C=O) groups is 2. The summed E-state index contributed by atoms with van der Waals surface area (Å²) in [5, 5.41) is 3.04. The Hall–Kier alpha value is -3.33. The van der Waals surface area contributed by atoms with Crippen molar-refractivity contribution in [2.75, 3.05) is 40.9 Å². The van der Waals surface area contributed by atoms with Crippen molar-refractivity contribution in [3.63, 3.8) is 0 Å². The summed E-state index contributed by atoms with van der Waals surface area (Å²) in [6, 6.07) is -0.901. The number of phosphoric ester groups is 1. The normalized spacial score (nSPS) is 14.2. The van der Waals surface area contributed by atoms with Gasteiger partial charge in [0.25, 0.3) is 7.82 Å². The molecule has 0 saturated heterocycles. The van der Waals surface area contributed by atoms with Crippen molar-refractivity contribution in [3.05, 3.63) is 109 Å². The highest BCUT2D eigenvalue weighted by atomic mass is 31.2. The lowest BCUT2D eigenvalue weighted by atomic mass is 10.0. The summed E-state index contributed by atoms with van der Waals surface area (Å²) in [4.78, 5) is 40.2. The van der Waals surface area contributed by atoms with Crippen LogP contribution in [0.5, 0.6) is 0 Å². The van der Waals surface area contributed by atoms with E-state index < -0.39 is 26.6 Å². The Bertz CT molecular complexity index is 1840. The Morgan fingerprint density at radius 1 is 0.419 bits per heavy atom. The van der Waals surface area contributed by atoms with Crippen LogP contribution in [0.1, 0.15) is 310 Å². The first-order chi connectivity index (χ1) is 41.9. The van der Waals surface area contributed by atoms with Crippen molar-refractivity contribution in [1.82, 2.24) is 5.32 Å². The largest absolute Gasteiger partial charge is 0.756 e. The molecule has 3 unspecified atom stereocenters. The van der Waals surface area contributed by atoms with Gasteiger partial charge in [-0.3, -0.25) is 14.2 Å². The summed E-state index contributed by atoms with van der Waals surface area (Å²) in [5.41, 5.74) is 0. The number of allylic oxidation sites excluding steroid dienone is 17. The smallest absolute Gasteiger partial charge is 0.306 e. The average molecular weight is 1220 g/mol. The van der Waals surface area contributed by atoms with Crippen molar-refractivity contribution in [3.8, 4) is 0 Å². The predicted octanol–water partition coefficient (Wildman–Crippen LogP) is 22.2. The maximum absolute atomic E-state index is 13.6. The van der Waals surface area contributed by atoms with Crippen LogP contribution in [-0.4, -0.2) is 69.4 Å². The maximum Gasteiger partial charge on any atom is 0.306 e. The van der Waals surface area contributed by atoms with Crippen LogP contribution >= 0.6 is 7.82 Å². The van der Waals surface area contributed by atoms with Crippen LogP contribution in [0.2, 0.25) is 0 Å². The number of hydrogen-bond donors (Lipinski definition) is 1. The second-order valence-corrected chi connectivity index (χ2v) is 26.4. The first kappa shape index (κ1) is 82.7. The zero-order valence-corrected chi connectivity index (χ0v) is 57.6. The van der Waals surface area contributed by atoms with Gasteiger partial charge < -0.3 is 28.5 Å². The molecule has 0 aromatic rings. The highest BCUT2D eigenvalue weighted by Gasteiger charge is 2.27. The minimum absolute atomic E-state index is 0.0285. The molecule has 86 heavy (non-hydrogen) atoms. The van der Waals surface area contributed by atoms with Gasteiger partial charge in [-0.05, 0) is 115 Å². The molecule has 0 spiro atoms. The summed E-state index contributed by atoms with van der Waals surface area (Å²) >= 11 is 0. The highest BCUT2D eigenvalue weighted by molar-refractivity contribution is 7.45. The van der Waals surface area contributed by atoms with E-state index in [-0.39, 0.29) is 24.9 Å². The summed E-state index contributed by atoms with van der Waals surface area (Å²) < 4.78 is 30.4. The third-order valence-electron chi connectivity index (χ3n) is 15.4. The lowest BCUT2D eigenvalue weighted by Crippen LogP contribution is -2.47. The predicted molar refractivity (Wildman–Crippen MR) is 371 cm³/mol. The standard InChI is InChI=1S/C76H135N2O7P/c1-7-10-13-16-19-22-25-28-30-32-34-36-37-38-39-40-41-43-44-46-48-50-53-56-59-62-65-68-75(79)77-73(72-84-86(81,82)83-71-70-78(4,5)6)74(67-64-61-58-55-52-27-24-21-18-15-12-9-3)85-76(80)69-66-63-60-57-54-51-49-47-45-42-35-33-31-29-26-23-20-17-14-11-8-2/h10,13,19-20,22-23,28-31,34-36,38-39,42,64,67,73-74H,7-9,11-12,14-18,21,24-27,32-33,37,40-41,43-63,65-66,68-72H2,1-6H3,(H-,77,79,81,82)/b13-10-,22-19-,23-20-,30-28-,31-29-,36-34-,39-38-,42-35-,67-64-. The van der Waals surface area contributed by atoms with Crippen molar-refractivity contribution in [2.45, 2.75) is 322 Å². The number of carbonyl (C=O) groups excluding carboxylic acids is 2. The van der Waals surface area contributed by atoms with E-state index in [1.54, 1.807) is 0 Å². The Labute approximate surface area is 531 Å². The first-order valence-corrected chi connectivity index (χ1v) is 37.2. The quantitative estimate of drug-likeness (QED) is 0.0212. The van der Waals surface area contributed by atoms with Gasteiger partial charge in [0, 0.05) is 12.8 Å². The fourth-order valence-electron chi connectivity index (χ4n) is 9.97. The van der Waals surface area contributed by atoms with Gasteiger partial charge in [0.1, 0.15) is 19.3 Å². The second-order valence-electron chi connectivity index (χ2n) is 25.0. The van der Waals surface area contributed by atoms with E-state index in [0.29, 0.717) is 17.4 Å². The molecule has 0 radical (unpaired) electrons. The van der Waals surface area contributed by atoms with Gasteiger partial charge in [-0.1, -0.05) is 291 Å². The Morgan fingerprint density at radius 2 is 0.744 bits per heavy atom. The van der Waals surface area contributed by atoms with Crippen molar-refractivity contribution in [2.24, 2.45) is 0 Å². The number of quaternary nitrogens is 1. The number of likely N-dealkylation sites (N-methyl/N-ethyl adjacent to an activating group) is 1. The maximum atomic E-state index is 13.6. The Kier molecular flexibility index (Phi) is 62.1. The van der Waals surface area contributed by atoms with Crippen LogP contribution < -0.4 is 10.2 Å². The SMILES string of the molecule is CC/C=C\C/C=C\C/C=C\C/C=C\C/C=C\CCCCCCCCCCCCCC(=O)NC(COP(=O)([O-])OCC[N+](C)(C)C)C(/C=C\CCCCCCCCCCCC)OC(=O)CCCCCCCCCC/C=C\C/C=C\C/C=C\CCCCC. The van der Waals surface area contributed by atoms with Crippen molar-refractivity contribution < 1.29 is 37.3 Å². The van der Waals surface area contributed by atoms with E-state index in [9.17, 15) is 19.0 Å². The summed E-state index contributed by atoms with van der Waals surface area (Å²) in [6.07, 6.45) is 89.2. The molecular formula is C76H135N2O7P. The number of unbranched alkanes of at least 4 members (excludes halogenated alkanes) is 32. The summed E-state index contributed by atoms with van der Waals surface area (Å²) in [7, 11) is 1.17. The number of ether oxygens (including phenoxy) is 1. The third kappa shape index (κ3) is 65.1. The van der Waals surface area contributed by atoms with Gasteiger partial charge in [-0.15, -0.1) is 0 Å². The van der Waals surface area contributed by atoms with Crippen LogP contribution in [0.25, 0.3) is 0 Å². The van der Waals surface area contributed by atoms with Crippen LogP contribution in [-0.2, 0) is 27.9 Å². The molecule has 0 heterocycles. The topological polar surface area (TPSA) is 114 Å². The van der Waals surface area contributed by atoms with E-state index in [4.69, 9.17) is 13.8 Å². The molecule has 0 rings (SSSR count). The molecule has 0 aliphatic heterocycles. The van der Waals surface area contributed by atoms with Gasteiger partial charge in [0.15, 0.2) is 0 Å². The van der Waals surface area contributed by atoms with E-state index in [0.717, 1.165) is 128 Å². The number of esters is 1. The van der Waals surface area contributed by atoms with Crippen LogP contribution in [0, 0.1) is 0 Å². The molecule has 0 fully saturated rings. The van der Waals surface area contributed by atoms with E-state index in [2.05, 4.69) is 123 Å². The molecule has 496 valence electrons. The van der Waals surface area contributed by atoms with Gasteiger partial charge in [-0.25, -0.2) is 0 Å². The van der Waals surface area contributed by atoms with Crippen molar-refractivity contribution in [1.29, 1.82) is 0 Å². The number of nitrogens with one attached hydrogen (secondary N) is 1. The number of rotatable bonds is 64. The molecule has 0 saturated carbocycles. The minimum atomic E-state index is -4.71. The van der Waals surface area contributed by atoms with Crippen LogP contribution in [0.3, 0.4) is 0 Å². The van der Waals surface area contributed by atoms with Crippen LogP contribution in [0.15, 0.2) is 109 Å². The number of hydrogen-bond acceptors (Lipinski definition) is 7. The first-order valence-electron chi connectivity index (χ1n) is 35.7. The third-order valence-corrected chi connectivity index (χ3v) is 16.4. The molecule has 9 nitrogen and oxygen atoms in total. The van der Waals surface area contributed by atoms with E-state index in [1.165, 1.54) is 148 Å². The minimum Gasteiger partial charge on any atom is -0.756 e. The molecule has 3 atom stereocenters. The second kappa shape index (κ2) is 64.6. The van der Waals surface area contributed by atoms with Gasteiger partial charge in [0.2, 0.25) is 5.91 Å².